The lowest BCUT2D eigenvalue weighted by Crippen LogP contribution is -2.44. The van der Waals surface area contributed by atoms with Crippen LogP contribution in [0.5, 0.6) is 0 Å². The summed E-state index contributed by atoms with van der Waals surface area (Å²) >= 11 is 7.53. The Kier molecular flexibility index (Phi) is 6.04. The Balaban J connectivity index is 1.41. The zero-order valence-electron chi connectivity index (χ0n) is 19.3. The van der Waals surface area contributed by atoms with Crippen molar-refractivity contribution in [3.8, 4) is 11.1 Å². The van der Waals surface area contributed by atoms with Crippen LogP contribution >= 0.6 is 22.9 Å². The van der Waals surface area contributed by atoms with Crippen LogP contribution in [-0.4, -0.2) is 32.8 Å². The largest absolute Gasteiger partial charge is 0.337 e. The van der Waals surface area contributed by atoms with E-state index in [-0.39, 0.29) is 17.3 Å². The SMILES string of the molecule is CC(C)(CCl)C(=O)N1CCc2c(sc3ncn(Cc4ccc(-c5ccccc5)cc4)c(=O)c23)C1. The molecular weight excluding hydrogens is 466 g/mol. The van der Waals surface area contributed by atoms with E-state index in [1.807, 2.05) is 36.9 Å². The van der Waals surface area contributed by atoms with Gasteiger partial charge in [-0.15, -0.1) is 22.9 Å². The van der Waals surface area contributed by atoms with Crippen molar-refractivity contribution in [3.05, 3.63) is 87.3 Å². The molecule has 0 aliphatic carbocycles. The predicted molar refractivity (Wildman–Crippen MR) is 138 cm³/mol. The number of hydrogen-bond donors (Lipinski definition) is 0. The maximum atomic E-state index is 13.4. The molecule has 0 saturated carbocycles. The fourth-order valence-electron chi connectivity index (χ4n) is 4.42. The topological polar surface area (TPSA) is 55.2 Å². The maximum absolute atomic E-state index is 13.4. The van der Waals surface area contributed by atoms with Crippen molar-refractivity contribution in [2.24, 2.45) is 5.41 Å². The van der Waals surface area contributed by atoms with Crippen LogP contribution in [0.25, 0.3) is 21.3 Å². The zero-order chi connectivity index (χ0) is 23.9. The third kappa shape index (κ3) is 4.17. The Bertz CT molecular complexity index is 1410. The second-order valence-corrected chi connectivity index (χ2v) is 10.8. The van der Waals surface area contributed by atoms with Gasteiger partial charge in [-0.3, -0.25) is 14.2 Å². The molecule has 0 spiro atoms. The van der Waals surface area contributed by atoms with E-state index in [1.54, 1.807) is 10.9 Å². The molecule has 7 heteroatoms. The molecule has 0 saturated heterocycles. The van der Waals surface area contributed by atoms with Gasteiger partial charge in [-0.25, -0.2) is 4.98 Å². The van der Waals surface area contributed by atoms with E-state index in [1.165, 1.54) is 16.9 Å². The number of alkyl halides is 1. The van der Waals surface area contributed by atoms with Crippen molar-refractivity contribution in [1.29, 1.82) is 0 Å². The van der Waals surface area contributed by atoms with Gasteiger partial charge in [0.15, 0.2) is 0 Å². The van der Waals surface area contributed by atoms with Crippen molar-refractivity contribution in [3.63, 3.8) is 0 Å². The average molecular weight is 492 g/mol. The fourth-order valence-corrected chi connectivity index (χ4v) is 5.73. The molecule has 5 nitrogen and oxygen atoms in total. The highest BCUT2D eigenvalue weighted by atomic mass is 35.5. The standard InChI is InChI=1S/C27H26ClN3O2S/c1-27(2,16-28)26(33)30-13-12-21-22(15-30)34-24-23(21)25(32)31(17-29-24)14-18-8-10-20(11-9-18)19-6-4-3-5-7-19/h3-11,17H,12-16H2,1-2H3. The minimum Gasteiger partial charge on any atom is -0.337 e. The highest BCUT2D eigenvalue weighted by Crippen LogP contribution is 2.34. The number of fused-ring (bicyclic) bond motifs is 3. The molecule has 1 amide bonds. The monoisotopic (exact) mass is 491 g/mol. The van der Waals surface area contributed by atoms with Gasteiger partial charge in [-0.05, 0) is 42.5 Å². The van der Waals surface area contributed by atoms with Gasteiger partial charge in [0.05, 0.1) is 30.2 Å². The Morgan fingerprint density at radius 1 is 1.09 bits per heavy atom. The number of halogens is 1. The summed E-state index contributed by atoms with van der Waals surface area (Å²) in [6.45, 7) is 5.31. The molecule has 2 aromatic heterocycles. The summed E-state index contributed by atoms with van der Waals surface area (Å²) in [5.74, 6) is 0.329. The van der Waals surface area contributed by atoms with Crippen molar-refractivity contribution in [2.75, 3.05) is 12.4 Å². The second-order valence-electron chi connectivity index (χ2n) is 9.42. The minimum absolute atomic E-state index is 0.0181. The highest BCUT2D eigenvalue weighted by molar-refractivity contribution is 7.18. The third-order valence-electron chi connectivity index (χ3n) is 6.44. The molecule has 1 aliphatic rings. The molecule has 4 aromatic rings. The lowest BCUT2D eigenvalue weighted by molar-refractivity contribution is -0.140. The molecule has 5 rings (SSSR count). The van der Waals surface area contributed by atoms with E-state index < -0.39 is 5.41 Å². The van der Waals surface area contributed by atoms with Gasteiger partial charge >= 0.3 is 0 Å². The molecule has 0 bridgehead atoms. The number of carbonyl (C=O) groups is 1. The van der Waals surface area contributed by atoms with E-state index in [9.17, 15) is 9.59 Å². The molecule has 1 aliphatic heterocycles. The Labute approximate surface area is 207 Å². The molecule has 0 atom stereocenters. The van der Waals surface area contributed by atoms with Gasteiger partial charge < -0.3 is 4.90 Å². The predicted octanol–water partition coefficient (Wildman–Crippen LogP) is 5.32. The number of hydrogen-bond acceptors (Lipinski definition) is 4. The van der Waals surface area contributed by atoms with Gasteiger partial charge in [0.2, 0.25) is 5.91 Å². The van der Waals surface area contributed by atoms with Crippen molar-refractivity contribution >= 4 is 39.1 Å². The summed E-state index contributed by atoms with van der Waals surface area (Å²) in [6.07, 6.45) is 2.30. The van der Waals surface area contributed by atoms with Crippen LogP contribution in [0.3, 0.4) is 0 Å². The molecule has 0 radical (unpaired) electrons. The second kappa shape index (κ2) is 9.01. The summed E-state index contributed by atoms with van der Waals surface area (Å²) in [7, 11) is 0. The molecule has 174 valence electrons. The maximum Gasteiger partial charge on any atom is 0.262 e. The summed E-state index contributed by atoms with van der Waals surface area (Å²) in [5, 5.41) is 0.701. The van der Waals surface area contributed by atoms with E-state index in [2.05, 4.69) is 41.4 Å². The van der Waals surface area contributed by atoms with Crippen molar-refractivity contribution in [1.82, 2.24) is 14.5 Å². The highest BCUT2D eigenvalue weighted by Gasteiger charge is 2.34. The number of thiophene rings is 1. The fraction of sp³-hybridized carbons (Fsp3) is 0.296. The molecule has 0 fully saturated rings. The molecule has 0 unspecified atom stereocenters. The number of rotatable bonds is 5. The molecule has 0 N–H and O–H groups in total. The van der Waals surface area contributed by atoms with E-state index in [0.29, 0.717) is 31.4 Å². The average Bonchev–Trinajstić information content (AvgIpc) is 3.24. The normalized spacial score (nSPS) is 13.8. The first-order valence-electron chi connectivity index (χ1n) is 11.4. The zero-order valence-corrected chi connectivity index (χ0v) is 20.8. The van der Waals surface area contributed by atoms with Crippen LogP contribution in [-0.2, 0) is 24.3 Å². The quantitative estimate of drug-likeness (QED) is 0.355. The molecular formula is C27H26ClN3O2S. The first kappa shape index (κ1) is 22.8. The van der Waals surface area contributed by atoms with Gasteiger partial charge in [-0.1, -0.05) is 54.6 Å². The van der Waals surface area contributed by atoms with E-state index >= 15 is 0 Å². The van der Waals surface area contributed by atoms with Gasteiger partial charge in [0.25, 0.3) is 5.56 Å². The van der Waals surface area contributed by atoms with Crippen molar-refractivity contribution < 1.29 is 4.79 Å². The van der Waals surface area contributed by atoms with Gasteiger partial charge in [-0.2, -0.15) is 0 Å². The van der Waals surface area contributed by atoms with Gasteiger partial charge in [0, 0.05) is 17.3 Å². The van der Waals surface area contributed by atoms with Gasteiger partial charge in [0.1, 0.15) is 4.83 Å². The van der Waals surface area contributed by atoms with Crippen LogP contribution in [0, 0.1) is 5.41 Å². The van der Waals surface area contributed by atoms with Crippen LogP contribution in [0.2, 0.25) is 0 Å². The summed E-state index contributed by atoms with van der Waals surface area (Å²) in [6, 6.07) is 18.5. The Morgan fingerprint density at radius 3 is 2.50 bits per heavy atom. The molecule has 2 aromatic carbocycles. The van der Waals surface area contributed by atoms with E-state index in [4.69, 9.17) is 11.6 Å². The van der Waals surface area contributed by atoms with Crippen LogP contribution in [0.1, 0.15) is 29.9 Å². The summed E-state index contributed by atoms with van der Waals surface area (Å²) < 4.78 is 1.68. The summed E-state index contributed by atoms with van der Waals surface area (Å²) in [5.41, 5.74) is 3.79. The lowest BCUT2D eigenvalue weighted by Gasteiger charge is -2.33. The number of amides is 1. The smallest absolute Gasteiger partial charge is 0.262 e. The van der Waals surface area contributed by atoms with Crippen LogP contribution in [0.4, 0.5) is 0 Å². The van der Waals surface area contributed by atoms with Crippen LogP contribution in [0.15, 0.2) is 65.7 Å². The number of carbonyl (C=O) groups excluding carboxylic acids is 1. The Morgan fingerprint density at radius 2 is 1.79 bits per heavy atom. The molecule has 34 heavy (non-hydrogen) atoms. The molecule has 3 heterocycles. The third-order valence-corrected chi connectivity index (χ3v) is 8.23. The summed E-state index contributed by atoms with van der Waals surface area (Å²) in [4.78, 5) is 34.5. The number of nitrogens with zero attached hydrogens (tertiary/aromatic N) is 3. The van der Waals surface area contributed by atoms with E-state index in [0.717, 1.165) is 26.4 Å². The minimum atomic E-state index is -0.600. The lowest BCUT2D eigenvalue weighted by atomic mass is 9.93. The number of benzene rings is 2. The number of aromatic nitrogens is 2. The first-order chi connectivity index (χ1) is 16.4. The first-order valence-corrected chi connectivity index (χ1v) is 12.7. The van der Waals surface area contributed by atoms with Crippen LogP contribution < -0.4 is 5.56 Å². The van der Waals surface area contributed by atoms with Crippen molar-refractivity contribution in [2.45, 2.75) is 33.4 Å². The Hall–Kier alpha value is -2.96.